The summed E-state index contributed by atoms with van der Waals surface area (Å²) < 4.78 is 33.8. The van der Waals surface area contributed by atoms with Gasteiger partial charge in [0.25, 0.3) is 0 Å². The molecule has 37 heavy (non-hydrogen) atoms. The third kappa shape index (κ3) is 5.65. The van der Waals surface area contributed by atoms with Crippen LogP contribution >= 0.6 is 0 Å². The Morgan fingerprint density at radius 3 is 2.62 bits per heavy atom. The van der Waals surface area contributed by atoms with Gasteiger partial charge in [-0.1, -0.05) is 30.3 Å². The number of fused-ring (bicyclic) bond motifs is 1. The largest absolute Gasteiger partial charge is 0.478 e. The number of nitrogens with one attached hydrogen (secondary N) is 3. The van der Waals surface area contributed by atoms with Gasteiger partial charge in [0.15, 0.2) is 0 Å². The number of aryl methyl sites for hydroxylation is 2. The minimum Gasteiger partial charge on any atom is -0.478 e. The normalized spacial score (nSPS) is 14.9. The van der Waals surface area contributed by atoms with Crippen LogP contribution in [-0.4, -0.2) is 64.4 Å². The number of amides is 1. The maximum atomic E-state index is 13.4. The highest BCUT2D eigenvalue weighted by Crippen LogP contribution is 2.25. The quantitative estimate of drug-likeness (QED) is 0.199. The minimum absolute atomic E-state index is 0.0863. The highest BCUT2D eigenvalue weighted by atomic mass is 32.2. The molecule has 4 rings (SSSR count). The molecule has 1 aromatic carbocycles. The first-order valence-electron chi connectivity index (χ1n) is 11.8. The van der Waals surface area contributed by atoms with Gasteiger partial charge in [0.05, 0.1) is 29.9 Å². The van der Waals surface area contributed by atoms with Crippen LogP contribution in [0.3, 0.4) is 0 Å². The van der Waals surface area contributed by atoms with Crippen molar-refractivity contribution in [2.45, 2.75) is 49.6 Å². The van der Waals surface area contributed by atoms with Crippen LogP contribution in [0.5, 0.6) is 0 Å². The van der Waals surface area contributed by atoms with Crippen molar-refractivity contribution in [3.05, 3.63) is 59.7 Å². The average Bonchev–Trinajstić information content (AvgIpc) is 3.57. The number of sulfonamides is 1. The molecule has 0 saturated carbocycles. The standard InChI is InChI=1S/C23H28N6O7S/c1-2-14-35-29(20(30)19-12-13-25-36-19)23(21(31)32,28-37(33,34)16-8-4-3-5-9-16)15-24-22-26-17-10-6-7-11-18(17)27-22/h3-5,8-9,12-13,28H,2,6-7,10-11,14-15H2,1H3,(H,31,32)(H2,24,26,27). The molecule has 2 aromatic heterocycles. The number of hydrogen-bond acceptors (Lipinski definition) is 9. The molecule has 198 valence electrons. The van der Waals surface area contributed by atoms with Gasteiger partial charge < -0.3 is 19.9 Å². The number of carboxylic acids is 1. The lowest BCUT2D eigenvalue weighted by Gasteiger charge is -2.38. The Kier molecular flexibility index (Phi) is 7.90. The van der Waals surface area contributed by atoms with Crippen LogP contribution in [0.1, 0.15) is 48.1 Å². The lowest BCUT2D eigenvalue weighted by Crippen LogP contribution is -2.70. The first kappa shape index (κ1) is 26.3. The maximum absolute atomic E-state index is 13.4. The molecule has 1 atom stereocenters. The number of anilines is 1. The zero-order chi connectivity index (χ0) is 26.5. The van der Waals surface area contributed by atoms with Gasteiger partial charge in [-0.15, -0.1) is 0 Å². The van der Waals surface area contributed by atoms with E-state index in [2.05, 4.69) is 25.2 Å². The second-order valence-corrected chi connectivity index (χ2v) is 10.1. The Balaban J connectivity index is 1.77. The number of benzene rings is 1. The van der Waals surface area contributed by atoms with Gasteiger partial charge >= 0.3 is 11.9 Å². The van der Waals surface area contributed by atoms with Crippen LogP contribution in [0.15, 0.2) is 52.0 Å². The molecule has 2 heterocycles. The van der Waals surface area contributed by atoms with Crippen molar-refractivity contribution in [1.29, 1.82) is 0 Å². The average molecular weight is 533 g/mol. The topological polar surface area (TPSA) is 180 Å². The molecule has 13 nitrogen and oxygen atoms in total. The smallest absolute Gasteiger partial charge is 0.350 e. The molecule has 0 aliphatic heterocycles. The molecule has 3 aromatic rings. The third-order valence-electron chi connectivity index (χ3n) is 5.78. The van der Waals surface area contributed by atoms with E-state index in [-0.39, 0.29) is 23.2 Å². The number of rotatable bonds is 12. The number of carbonyl (C=O) groups is 2. The van der Waals surface area contributed by atoms with E-state index in [9.17, 15) is 23.1 Å². The predicted octanol–water partition coefficient (Wildman–Crippen LogP) is 1.93. The summed E-state index contributed by atoms with van der Waals surface area (Å²) in [5.74, 6) is -2.82. The zero-order valence-electron chi connectivity index (χ0n) is 20.1. The fourth-order valence-corrected chi connectivity index (χ4v) is 5.26. The molecule has 0 radical (unpaired) electrons. The molecule has 14 heteroatoms. The second-order valence-electron chi connectivity index (χ2n) is 8.46. The molecule has 1 aliphatic carbocycles. The van der Waals surface area contributed by atoms with E-state index in [1.165, 1.54) is 36.5 Å². The highest BCUT2D eigenvalue weighted by molar-refractivity contribution is 7.89. The number of carboxylic acid groups (broad SMARTS) is 1. The van der Waals surface area contributed by atoms with Crippen molar-refractivity contribution < 1.29 is 32.5 Å². The Morgan fingerprint density at radius 2 is 1.97 bits per heavy atom. The molecule has 4 N–H and O–H groups in total. The molecule has 0 saturated heterocycles. The number of aromatic nitrogens is 3. The fraction of sp³-hybridized carbons (Fsp3) is 0.391. The molecule has 1 unspecified atom stereocenters. The molecule has 1 aliphatic rings. The van der Waals surface area contributed by atoms with Gasteiger partial charge in [-0.3, -0.25) is 9.63 Å². The van der Waals surface area contributed by atoms with Crippen molar-refractivity contribution in [3.63, 3.8) is 0 Å². The number of aromatic amines is 1. The van der Waals surface area contributed by atoms with Gasteiger partial charge in [-0.05, 0) is 44.2 Å². The number of hydrogen-bond donors (Lipinski definition) is 4. The summed E-state index contributed by atoms with van der Waals surface area (Å²) >= 11 is 0. The van der Waals surface area contributed by atoms with E-state index in [0.29, 0.717) is 11.5 Å². The first-order chi connectivity index (χ1) is 17.8. The van der Waals surface area contributed by atoms with E-state index in [4.69, 9.17) is 9.36 Å². The fourth-order valence-electron chi connectivity index (χ4n) is 3.94. The summed E-state index contributed by atoms with van der Waals surface area (Å²) in [6.45, 7) is 1.03. The SMILES string of the molecule is CCCON(C(=O)c1ccno1)C(CNc1nc2c([nH]1)CCCC2)(NS(=O)(=O)c1ccccc1)C(=O)O. The second kappa shape index (κ2) is 11.1. The lowest BCUT2D eigenvalue weighted by atomic mass is 10.0. The Hall–Kier alpha value is -3.75. The number of hydroxylamine groups is 2. The number of nitrogens with zero attached hydrogens (tertiary/aromatic N) is 3. The van der Waals surface area contributed by atoms with Gasteiger partial charge in [0.2, 0.25) is 27.4 Å². The Labute approximate surface area is 213 Å². The predicted molar refractivity (Wildman–Crippen MR) is 130 cm³/mol. The van der Waals surface area contributed by atoms with Crippen LogP contribution in [0.4, 0.5) is 5.95 Å². The number of carbonyl (C=O) groups excluding carboxylic acids is 1. The van der Waals surface area contributed by atoms with E-state index in [0.717, 1.165) is 37.1 Å². The summed E-state index contributed by atoms with van der Waals surface area (Å²) in [5.41, 5.74) is -0.867. The molecule has 0 fully saturated rings. The van der Waals surface area contributed by atoms with E-state index >= 15 is 0 Å². The van der Waals surface area contributed by atoms with Crippen LogP contribution in [0.25, 0.3) is 0 Å². The van der Waals surface area contributed by atoms with Gasteiger partial charge in [-0.25, -0.2) is 18.2 Å². The van der Waals surface area contributed by atoms with Crippen molar-refractivity contribution in [3.8, 4) is 0 Å². The first-order valence-corrected chi connectivity index (χ1v) is 13.3. The summed E-state index contributed by atoms with van der Waals surface area (Å²) in [6, 6.07) is 8.43. The van der Waals surface area contributed by atoms with Gasteiger partial charge in [0, 0.05) is 11.8 Å². The van der Waals surface area contributed by atoms with Crippen molar-refractivity contribution in [2.75, 3.05) is 18.5 Å². The third-order valence-corrected chi connectivity index (χ3v) is 7.28. The Morgan fingerprint density at radius 1 is 1.22 bits per heavy atom. The van der Waals surface area contributed by atoms with E-state index in [1.807, 2.05) is 0 Å². The van der Waals surface area contributed by atoms with Gasteiger partial charge in [-0.2, -0.15) is 9.79 Å². The number of H-pyrrole nitrogens is 1. The maximum Gasteiger partial charge on any atom is 0.350 e. The summed E-state index contributed by atoms with van der Waals surface area (Å²) in [6.07, 6.45) is 5.15. The number of imidazole rings is 1. The molecular weight excluding hydrogens is 504 g/mol. The van der Waals surface area contributed by atoms with Crippen LogP contribution in [0, 0.1) is 0 Å². The van der Waals surface area contributed by atoms with Crippen LogP contribution in [0.2, 0.25) is 0 Å². The van der Waals surface area contributed by atoms with E-state index in [1.54, 1.807) is 13.0 Å². The summed E-state index contributed by atoms with van der Waals surface area (Å²) in [5, 5.41) is 17.3. The molecule has 0 bridgehead atoms. The lowest BCUT2D eigenvalue weighted by molar-refractivity contribution is -0.203. The van der Waals surface area contributed by atoms with Crippen molar-refractivity contribution >= 4 is 27.8 Å². The van der Waals surface area contributed by atoms with Crippen LogP contribution < -0.4 is 10.0 Å². The number of aliphatic carboxylic acids is 1. The summed E-state index contributed by atoms with van der Waals surface area (Å²) in [4.78, 5) is 39.2. The van der Waals surface area contributed by atoms with Crippen LogP contribution in [-0.2, 0) is 32.5 Å². The molecule has 1 amide bonds. The van der Waals surface area contributed by atoms with Gasteiger partial charge in [0.1, 0.15) is 0 Å². The van der Waals surface area contributed by atoms with E-state index < -0.39 is 34.1 Å². The van der Waals surface area contributed by atoms with Crippen molar-refractivity contribution in [1.82, 2.24) is 24.9 Å². The zero-order valence-corrected chi connectivity index (χ0v) is 21.0. The monoisotopic (exact) mass is 532 g/mol. The minimum atomic E-state index is -4.46. The van der Waals surface area contributed by atoms with Crippen molar-refractivity contribution in [2.24, 2.45) is 0 Å². The molecule has 0 spiro atoms. The Bertz CT molecular complexity index is 1300. The molecular formula is C23H28N6O7S. The summed E-state index contributed by atoms with van der Waals surface area (Å²) in [7, 11) is -4.46. The highest BCUT2D eigenvalue weighted by Gasteiger charge is 2.52.